The van der Waals surface area contributed by atoms with Crippen molar-refractivity contribution in [2.75, 3.05) is 11.1 Å². The summed E-state index contributed by atoms with van der Waals surface area (Å²) in [6.45, 7) is 2.42. The monoisotopic (exact) mass is 265 g/mol. The molecule has 100 valence electrons. The smallest absolute Gasteiger partial charge is 0.272 e. The van der Waals surface area contributed by atoms with E-state index < -0.39 is 17.5 Å². The summed E-state index contributed by atoms with van der Waals surface area (Å²) in [5.74, 6) is -2.02. The highest BCUT2D eigenvalue weighted by molar-refractivity contribution is 6.03. The van der Waals surface area contributed by atoms with Gasteiger partial charge in [-0.2, -0.15) is 0 Å². The third kappa shape index (κ3) is 2.73. The fourth-order valence-corrected chi connectivity index (χ4v) is 1.76. The molecule has 6 heteroatoms. The highest BCUT2D eigenvalue weighted by Gasteiger charge is 2.14. The van der Waals surface area contributed by atoms with Crippen LogP contribution in [0.2, 0.25) is 0 Å². The summed E-state index contributed by atoms with van der Waals surface area (Å²) in [5.41, 5.74) is 6.31. The zero-order valence-electron chi connectivity index (χ0n) is 10.3. The van der Waals surface area contributed by atoms with Crippen LogP contribution in [0.5, 0.6) is 0 Å². The van der Waals surface area contributed by atoms with Crippen LogP contribution in [0.15, 0.2) is 30.5 Å². The van der Waals surface area contributed by atoms with Gasteiger partial charge in [0.25, 0.3) is 5.91 Å². The summed E-state index contributed by atoms with van der Waals surface area (Å²) in [4.78, 5) is 12.0. The number of hydrogen-bond donors (Lipinski definition) is 2. The van der Waals surface area contributed by atoms with Gasteiger partial charge in [0, 0.05) is 18.8 Å². The van der Waals surface area contributed by atoms with Gasteiger partial charge in [0.15, 0.2) is 0 Å². The van der Waals surface area contributed by atoms with Crippen molar-refractivity contribution in [1.29, 1.82) is 0 Å². The van der Waals surface area contributed by atoms with E-state index in [1.165, 1.54) is 12.1 Å². The first-order chi connectivity index (χ1) is 9.01. The van der Waals surface area contributed by atoms with Gasteiger partial charge in [0.1, 0.15) is 17.3 Å². The Hall–Kier alpha value is -2.37. The Bertz CT molecular complexity index is 622. The highest BCUT2D eigenvalue weighted by atomic mass is 19.1. The van der Waals surface area contributed by atoms with E-state index in [1.54, 1.807) is 10.8 Å². The number of nitrogens with two attached hydrogens (primary N) is 1. The molecule has 0 radical (unpaired) electrons. The normalized spacial score (nSPS) is 10.5. The second-order valence-electron chi connectivity index (χ2n) is 4.02. The third-order valence-electron chi connectivity index (χ3n) is 2.67. The molecule has 1 aromatic heterocycles. The first-order valence-corrected chi connectivity index (χ1v) is 5.73. The van der Waals surface area contributed by atoms with Crippen LogP contribution >= 0.6 is 0 Å². The van der Waals surface area contributed by atoms with Crippen molar-refractivity contribution in [1.82, 2.24) is 4.57 Å². The predicted octanol–water partition coefficient (Wildman–Crippen LogP) is 2.62. The average Bonchev–Trinajstić information content (AvgIpc) is 2.74. The van der Waals surface area contributed by atoms with Gasteiger partial charge in [-0.25, -0.2) is 8.78 Å². The minimum absolute atomic E-state index is 0.0752. The van der Waals surface area contributed by atoms with Gasteiger partial charge in [-0.05, 0) is 25.1 Å². The largest absolute Gasteiger partial charge is 0.397 e. The number of rotatable bonds is 3. The zero-order valence-corrected chi connectivity index (χ0v) is 10.3. The summed E-state index contributed by atoms with van der Waals surface area (Å²) in [6.07, 6.45) is 1.62. The van der Waals surface area contributed by atoms with Crippen LogP contribution in [0.4, 0.5) is 20.2 Å². The molecule has 2 aromatic rings. The summed E-state index contributed by atoms with van der Waals surface area (Å²) in [6, 6.07) is 4.46. The van der Waals surface area contributed by atoms with Crippen LogP contribution < -0.4 is 11.1 Å². The quantitative estimate of drug-likeness (QED) is 0.896. The maximum Gasteiger partial charge on any atom is 0.272 e. The molecule has 0 fully saturated rings. The van der Waals surface area contributed by atoms with Gasteiger partial charge in [0.2, 0.25) is 0 Å². The van der Waals surface area contributed by atoms with Gasteiger partial charge >= 0.3 is 0 Å². The maximum absolute atomic E-state index is 13.4. The first kappa shape index (κ1) is 13.1. The van der Waals surface area contributed by atoms with Crippen molar-refractivity contribution in [2.45, 2.75) is 13.5 Å². The zero-order chi connectivity index (χ0) is 14.0. The molecule has 0 spiro atoms. The van der Waals surface area contributed by atoms with Crippen LogP contribution in [-0.4, -0.2) is 10.5 Å². The molecule has 0 saturated heterocycles. The van der Waals surface area contributed by atoms with Crippen LogP contribution in [0.25, 0.3) is 0 Å². The molecular weight excluding hydrogens is 252 g/mol. The Morgan fingerprint density at radius 1 is 1.37 bits per heavy atom. The van der Waals surface area contributed by atoms with E-state index in [9.17, 15) is 13.6 Å². The van der Waals surface area contributed by atoms with Crippen molar-refractivity contribution < 1.29 is 13.6 Å². The molecular formula is C13H13F2N3O. The lowest BCUT2D eigenvalue weighted by Crippen LogP contribution is -2.17. The lowest BCUT2D eigenvalue weighted by atomic mass is 10.3. The van der Waals surface area contributed by atoms with Gasteiger partial charge in [-0.15, -0.1) is 0 Å². The fraction of sp³-hybridized carbons (Fsp3) is 0.154. The maximum atomic E-state index is 13.4. The van der Waals surface area contributed by atoms with E-state index in [2.05, 4.69) is 5.32 Å². The number of nitrogens with one attached hydrogen (secondary N) is 1. The molecule has 1 amide bonds. The van der Waals surface area contributed by atoms with E-state index in [1.807, 2.05) is 6.92 Å². The van der Waals surface area contributed by atoms with Gasteiger partial charge in [-0.3, -0.25) is 4.79 Å². The van der Waals surface area contributed by atoms with E-state index in [0.717, 1.165) is 6.07 Å². The van der Waals surface area contributed by atoms with Crippen molar-refractivity contribution >= 4 is 17.3 Å². The minimum Gasteiger partial charge on any atom is -0.397 e. The summed E-state index contributed by atoms with van der Waals surface area (Å²) >= 11 is 0. The number of benzene rings is 1. The number of nitrogens with zero attached hydrogens (tertiary/aromatic N) is 1. The number of carbonyl (C=O) groups is 1. The number of amides is 1. The Morgan fingerprint density at radius 3 is 2.74 bits per heavy atom. The van der Waals surface area contributed by atoms with Crippen molar-refractivity contribution in [2.24, 2.45) is 0 Å². The molecule has 1 heterocycles. The molecule has 0 unspecified atom stereocenters. The number of carbonyl (C=O) groups excluding carboxylic acids is 1. The number of nitrogen functional groups attached to an aromatic ring is 1. The molecule has 4 nitrogen and oxygen atoms in total. The predicted molar refractivity (Wildman–Crippen MR) is 68.8 cm³/mol. The average molecular weight is 265 g/mol. The number of anilines is 2. The molecule has 1 aromatic carbocycles. The van der Waals surface area contributed by atoms with Gasteiger partial charge < -0.3 is 15.6 Å². The number of halogens is 2. The first-order valence-electron chi connectivity index (χ1n) is 5.73. The van der Waals surface area contributed by atoms with Crippen molar-refractivity contribution in [3.8, 4) is 0 Å². The standard InChI is InChI=1S/C13H13F2N3O/c1-2-18-7-9(16)6-12(18)13(19)17-11-4-3-8(14)5-10(11)15/h3-7H,2,16H2,1H3,(H,17,19). The van der Waals surface area contributed by atoms with Crippen LogP contribution in [0, 0.1) is 11.6 Å². The van der Waals surface area contributed by atoms with Crippen LogP contribution in [-0.2, 0) is 6.54 Å². The molecule has 0 saturated carbocycles. The van der Waals surface area contributed by atoms with E-state index in [0.29, 0.717) is 24.0 Å². The van der Waals surface area contributed by atoms with E-state index >= 15 is 0 Å². The molecule has 0 aliphatic carbocycles. The highest BCUT2D eigenvalue weighted by Crippen LogP contribution is 2.17. The van der Waals surface area contributed by atoms with Crippen LogP contribution in [0.1, 0.15) is 17.4 Å². The number of aryl methyl sites for hydroxylation is 1. The molecule has 0 aliphatic rings. The Kier molecular flexibility index (Phi) is 3.50. The summed E-state index contributed by atoms with van der Waals surface area (Å²) in [5, 5.41) is 2.38. The molecule has 2 rings (SSSR count). The molecule has 0 aliphatic heterocycles. The van der Waals surface area contributed by atoms with Crippen molar-refractivity contribution in [3.63, 3.8) is 0 Å². The molecule has 3 N–H and O–H groups in total. The van der Waals surface area contributed by atoms with Crippen LogP contribution in [0.3, 0.4) is 0 Å². The molecule has 0 atom stereocenters. The Morgan fingerprint density at radius 2 is 2.11 bits per heavy atom. The Labute approximate surface area is 108 Å². The minimum atomic E-state index is -0.823. The lowest BCUT2D eigenvalue weighted by Gasteiger charge is -2.08. The Balaban J connectivity index is 2.25. The van der Waals surface area contributed by atoms with Gasteiger partial charge in [-0.1, -0.05) is 0 Å². The topological polar surface area (TPSA) is 60.0 Å². The van der Waals surface area contributed by atoms with Gasteiger partial charge in [0.05, 0.1) is 11.4 Å². The second kappa shape index (κ2) is 5.09. The van der Waals surface area contributed by atoms with E-state index in [4.69, 9.17) is 5.73 Å². The van der Waals surface area contributed by atoms with E-state index in [-0.39, 0.29) is 5.69 Å². The number of hydrogen-bond acceptors (Lipinski definition) is 2. The lowest BCUT2D eigenvalue weighted by molar-refractivity contribution is 0.101. The summed E-state index contributed by atoms with van der Waals surface area (Å²) < 4.78 is 27.8. The third-order valence-corrected chi connectivity index (χ3v) is 2.67. The summed E-state index contributed by atoms with van der Waals surface area (Å²) in [7, 11) is 0. The SMILES string of the molecule is CCn1cc(N)cc1C(=O)Nc1ccc(F)cc1F. The number of aromatic nitrogens is 1. The van der Waals surface area contributed by atoms with Crippen molar-refractivity contribution in [3.05, 3.63) is 47.8 Å². The fourth-order valence-electron chi connectivity index (χ4n) is 1.76. The molecule has 0 bridgehead atoms. The molecule has 19 heavy (non-hydrogen) atoms. The second-order valence-corrected chi connectivity index (χ2v) is 4.02.